The molecule has 1 aliphatic heterocycles. The number of halogens is 7. The topological polar surface area (TPSA) is 60.9 Å². The molecule has 6 nitrogen and oxygen atoms in total. The first-order valence-electron chi connectivity index (χ1n) is 10.9. The first kappa shape index (κ1) is 28.7. The summed E-state index contributed by atoms with van der Waals surface area (Å²) in [5, 5.41) is 0. The molecule has 0 spiro atoms. The monoisotopic (exact) mass is 555 g/mol. The molecule has 0 aromatic heterocycles. The number of amides is 2. The molecule has 2 atom stereocenters. The van der Waals surface area contributed by atoms with E-state index >= 15 is 0 Å². The molecule has 0 radical (unpaired) electrons. The summed E-state index contributed by atoms with van der Waals surface area (Å²) in [7, 11) is -1.23. The van der Waals surface area contributed by atoms with E-state index in [4.69, 9.17) is 0 Å². The second kappa shape index (κ2) is 10.1. The number of benzene rings is 2. The van der Waals surface area contributed by atoms with Gasteiger partial charge in [-0.1, -0.05) is 12.1 Å². The van der Waals surface area contributed by atoms with Crippen LogP contribution in [0.4, 0.5) is 41.2 Å². The van der Waals surface area contributed by atoms with Crippen LogP contribution in [0.15, 0.2) is 42.5 Å². The van der Waals surface area contributed by atoms with Gasteiger partial charge in [0, 0.05) is 44.8 Å². The van der Waals surface area contributed by atoms with Gasteiger partial charge in [0.05, 0.1) is 17.4 Å². The molecule has 1 saturated heterocycles. The molecule has 204 valence electrons. The van der Waals surface area contributed by atoms with Crippen molar-refractivity contribution in [2.75, 3.05) is 38.3 Å². The number of nitrogens with zero attached hydrogens (tertiary/aromatic N) is 3. The summed E-state index contributed by atoms with van der Waals surface area (Å²) in [5.74, 6) is -1.18. The van der Waals surface area contributed by atoms with Crippen LogP contribution in [0.3, 0.4) is 0 Å². The second-order valence-corrected chi connectivity index (χ2v) is 10.8. The van der Waals surface area contributed by atoms with E-state index in [0.717, 1.165) is 18.2 Å². The Bertz CT molecular complexity index is 1220. The standard InChI is InChI=1S/C23H24F7N3O3S/c1-31(18-11-15(22(25,26)27)10-16(12-18)23(28,29)30)21(34)32(2)20-8-9-33(37(3,35)36)13-19(20)14-4-6-17(24)7-5-14/h4-7,10-12,19-20H,8-9,13H2,1-3H3/t19-,20+/m0/s1. The first-order valence-corrected chi connectivity index (χ1v) is 12.7. The maximum Gasteiger partial charge on any atom is 0.416 e. The van der Waals surface area contributed by atoms with Gasteiger partial charge >= 0.3 is 18.4 Å². The average Bonchev–Trinajstić information content (AvgIpc) is 2.80. The minimum atomic E-state index is -5.09. The Morgan fingerprint density at radius 1 is 0.946 bits per heavy atom. The van der Waals surface area contributed by atoms with E-state index in [1.54, 1.807) is 0 Å². The first-order chi connectivity index (χ1) is 16.9. The molecule has 0 saturated carbocycles. The number of carbonyl (C=O) groups excluding carboxylic acids is 1. The summed E-state index contributed by atoms with van der Waals surface area (Å²) < 4.78 is 119. The van der Waals surface area contributed by atoms with Crippen molar-refractivity contribution in [1.29, 1.82) is 0 Å². The Morgan fingerprint density at radius 2 is 1.46 bits per heavy atom. The van der Waals surface area contributed by atoms with Crippen molar-refractivity contribution in [1.82, 2.24) is 9.21 Å². The van der Waals surface area contributed by atoms with Crippen molar-refractivity contribution in [2.24, 2.45) is 0 Å². The molecule has 0 aliphatic carbocycles. The maximum absolute atomic E-state index is 13.5. The van der Waals surface area contributed by atoms with Crippen molar-refractivity contribution in [3.63, 3.8) is 0 Å². The van der Waals surface area contributed by atoms with Gasteiger partial charge in [-0.25, -0.2) is 21.9 Å². The third-order valence-electron chi connectivity index (χ3n) is 6.35. The number of hydrogen-bond donors (Lipinski definition) is 0. The Morgan fingerprint density at radius 3 is 1.92 bits per heavy atom. The second-order valence-electron chi connectivity index (χ2n) is 8.85. The smallest absolute Gasteiger partial charge is 0.324 e. The summed E-state index contributed by atoms with van der Waals surface area (Å²) in [6.45, 7) is -0.0252. The van der Waals surface area contributed by atoms with Gasteiger partial charge < -0.3 is 4.90 Å². The van der Waals surface area contributed by atoms with Gasteiger partial charge in [0.1, 0.15) is 5.82 Å². The summed E-state index contributed by atoms with van der Waals surface area (Å²) in [4.78, 5) is 15.1. The van der Waals surface area contributed by atoms with Gasteiger partial charge in [-0.3, -0.25) is 4.90 Å². The summed E-state index contributed by atoms with van der Waals surface area (Å²) in [6.07, 6.45) is -9.03. The SMILES string of the molecule is CN(C(=O)N(C)[C@@H]1CCN(S(C)(=O)=O)C[C@H]1c1ccc(F)cc1)c1cc(C(F)(F)F)cc(C(F)(F)F)c1. The third kappa shape index (κ3) is 6.53. The minimum Gasteiger partial charge on any atom is -0.324 e. The van der Waals surface area contributed by atoms with E-state index in [0.29, 0.717) is 22.6 Å². The van der Waals surface area contributed by atoms with E-state index in [1.807, 2.05) is 0 Å². The van der Waals surface area contributed by atoms with E-state index in [2.05, 4.69) is 0 Å². The number of piperidine rings is 1. The Kier molecular flexibility index (Phi) is 7.85. The van der Waals surface area contributed by atoms with Crippen molar-refractivity contribution in [2.45, 2.75) is 30.7 Å². The number of sulfonamides is 1. The third-order valence-corrected chi connectivity index (χ3v) is 7.62. The molecule has 2 aromatic carbocycles. The largest absolute Gasteiger partial charge is 0.416 e. The van der Waals surface area contributed by atoms with Crippen LogP contribution in [-0.4, -0.2) is 63.1 Å². The Labute approximate surface area is 209 Å². The lowest BCUT2D eigenvalue weighted by molar-refractivity contribution is -0.143. The highest BCUT2D eigenvalue weighted by Crippen LogP contribution is 2.39. The fraction of sp³-hybridized carbons (Fsp3) is 0.435. The summed E-state index contributed by atoms with van der Waals surface area (Å²) in [5.41, 5.74) is -3.23. The lowest BCUT2D eigenvalue weighted by atomic mass is 9.86. The highest BCUT2D eigenvalue weighted by molar-refractivity contribution is 7.88. The summed E-state index contributed by atoms with van der Waals surface area (Å²) in [6, 6.07) is 4.48. The van der Waals surface area contributed by atoms with Crippen molar-refractivity contribution in [3.8, 4) is 0 Å². The molecule has 1 aliphatic rings. The van der Waals surface area contributed by atoms with E-state index in [1.165, 1.54) is 35.6 Å². The molecule has 37 heavy (non-hydrogen) atoms. The lowest BCUT2D eigenvalue weighted by Crippen LogP contribution is -2.54. The molecule has 2 amide bonds. The molecular weight excluding hydrogens is 531 g/mol. The molecule has 0 unspecified atom stereocenters. The molecule has 1 fully saturated rings. The van der Waals surface area contributed by atoms with Gasteiger partial charge in [-0.2, -0.15) is 26.3 Å². The number of alkyl halides is 6. The van der Waals surface area contributed by atoms with Crippen molar-refractivity contribution in [3.05, 3.63) is 65.0 Å². The Balaban J connectivity index is 1.97. The van der Waals surface area contributed by atoms with E-state index in [-0.39, 0.29) is 25.6 Å². The molecular formula is C23H24F7N3O3S. The number of anilines is 1. The van der Waals surface area contributed by atoms with Gasteiger partial charge in [0.15, 0.2) is 0 Å². The molecule has 2 aromatic rings. The zero-order valence-corrected chi connectivity index (χ0v) is 20.8. The average molecular weight is 556 g/mol. The van der Waals surface area contributed by atoms with Gasteiger partial charge in [0.25, 0.3) is 0 Å². The number of likely N-dealkylation sites (N-methyl/N-ethyl adjacent to an activating group) is 1. The predicted molar refractivity (Wildman–Crippen MR) is 122 cm³/mol. The zero-order valence-electron chi connectivity index (χ0n) is 19.9. The number of rotatable bonds is 4. The van der Waals surface area contributed by atoms with Crippen LogP contribution in [0.25, 0.3) is 0 Å². The van der Waals surface area contributed by atoms with Crippen LogP contribution < -0.4 is 4.90 Å². The summed E-state index contributed by atoms with van der Waals surface area (Å²) >= 11 is 0. The highest BCUT2D eigenvalue weighted by Gasteiger charge is 2.40. The van der Waals surface area contributed by atoms with Gasteiger partial charge in [0.2, 0.25) is 10.0 Å². The van der Waals surface area contributed by atoms with Gasteiger partial charge in [-0.05, 0) is 42.3 Å². The quantitative estimate of drug-likeness (QED) is 0.490. The van der Waals surface area contributed by atoms with Crippen LogP contribution in [0.1, 0.15) is 29.0 Å². The molecule has 0 N–H and O–H groups in total. The maximum atomic E-state index is 13.5. The molecule has 0 bridgehead atoms. The van der Waals surface area contributed by atoms with Crippen LogP contribution in [0, 0.1) is 5.82 Å². The van der Waals surface area contributed by atoms with Crippen LogP contribution in [-0.2, 0) is 22.4 Å². The lowest BCUT2D eigenvalue weighted by Gasteiger charge is -2.43. The van der Waals surface area contributed by atoms with Crippen LogP contribution >= 0.6 is 0 Å². The predicted octanol–water partition coefficient (Wildman–Crippen LogP) is 5.17. The van der Waals surface area contributed by atoms with Crippen LogP contribution in [0.5, 0.6) is 0 Å². The van der Waals surface area contributed by atoms with E-state index in [9.17, 15) is 43.9 Å². The van der Waals surface area contributed by atoms with Crippen molar-refractivity contribution >= 4 is 21.7 Å². The minimum absolute atomic E-state index is 0.0307. The fourth-order valence-electron chi connectivity index (χ4n) is 4.33. The highest BCUT2D eigenvalue weighted by atomic mass is 32.2. The Hall–Kier alpha value is -2.87. The number of carbonyl (C=O) groups is 1. The number of hydrogen-bond acceptors (Lipinski definition) is 3. The van der Waals surface area contributed by atoms with Crippen molar-refractivity contribution < 1.29 is 43.9 Å². The normalized spacial score (nSPS) is 19.5. The zero-order chi connectivity index (χ0) is 27.9. The fourth-order valence-corrected chi connectivity index (χ4v) is 5.20. The number of urea groups is 1. The van der Waals surface area contributed by atoms with E-state index < -0.39 is 63.0 Å². The van der Waals surface area contributed by atoms with Gasteiger partial charge in [-0.15, -0.1) is 0 Å². The molecule has 14 heteroatoms. The molecule has 3 rings (SSSR count). The van der Waals surface area contributed by atoms with Crippen LogP contribution in [0.2, 0.25) is 0 Å². The molecule has 1 heterocycles.